The van der Waals surface area contributed by atoms with Gasteiger partial charge in [-0.25, -0.2) is 14.6 Å². The molecule has 0 aromatic carbocycles. The molecular weight excluding hydrogens is 268 g/mol. The van der Waals surface area contributed by atoms with E-state index in [0.29, 0.717) is 13.1 Å². The Morgan fingerprint density at radius 3 is 2.58 bits per heavy atom. The monoisotopic (exact) mass is 284 g/mol. The van der Waals surface area contributed by atoms with Gasteiger partial charge < -0.3 is 14.7 Å². The van der Waals surface area contributed by atoms with Crippen molar-refractivity contribution >= 4 is 23.4 Å². The molecule has 0 bridgehead atoms. The molecule has 1 aliphatic heterocycles. The van der Waals surface area contributed by atoms with Crippen molar-refractivity contribution < 1.29 is 19.4 Å². The molecule has 0 aliphatic carbocycles. The number of likely N-dealkylation sites (tertiary alicyclic amines) is 1. The van der Waals surface area contributed by atoms with Gasteiger partial charge in [0.05, 0.1) is 0 Å². The van der Waals surface area contributed by atoms with E-state index in [4.69, 9.17) is 9.84 Å². The van der Waals surface area contributed by atoms with Crippen LogP contribution in [0.1, 0.15) is 42.2 Å². The first-order chi connectivity index (χ1) is 8.76. The van der Waals surface area contributed by atoms with Crippen molar-refractivity contribution in [2.75, 3.05) is 13.1 Å². The normalized spacial score (nSPS) is 16.1. The standard InChI is InChI=1S/C12H16N2O4S/c1-12(2,3)18-11(17)14-4-7(5-14)9-13-8(6-19-9)10(15)16/h6-7H,4-5H2,1-3H3,(H,15,16). The van der Waals surface area contributed by atoms with Crippen LogP contribution in [0.3, 0.4) is 0 Å². The summed E-state index contributed by atoms with van der Waals surface area (Å²) >= 11 is 1.32. The molecule has 1 fully saturated rings. The minimum Gasteiger partial charge on any atom is -0.476 e. The number of carbonyl (C=O) groups is 2. The van der Waals surface area contributed by atoms with Crippen LogP contribution in [-0.2, 0) is 4.74 Å². The third kappa shape index (κ3) is 3.23. The first-order valence-corrected chi connectivity index (χ1v) is 6.81. The Hall–Kier alpha value is -1.63. The zero-order valence-corrected chi connectivity index (χ0v) is 11.9. The zero-order chi connectivity index (χ0) is 14.2. The van der Waals surface area contributed by atoms with Gasteiger partial charge in [0.1, 0.15) is 10.6 Å². The Morgan fingerprint density at radius 2 is 2.11 bits per heavy atom. The van der Waals surface area contributed by atoms with Gasteiger partial charge in [-0.1, -0.05) is 0 Å². The van der Waals surface area contributed by atoms with Crippen LogP contribution in [0, 0.1) is 0 Å². The van der Waals surface area contributed by atoms with Crippen LogP contribution in [0.5, 0.6) is 0 Å². The summed E-state index contributed by atoms with van der Waals surface area (Å²) in [6, 6.07) is 0. The second-order valence-corrected chi connectivity index (χ2v) is 6.35. The van der Waals surface area contributed by atoms with Gasteiger partial charge in [0.2, 0.25) is 0 Å². The molecule has 19 heavy (non-hydrogen) atoms. The topological polar surface area (TPSA) is 79.7 Å². The molecule has 0 saturated carbocycles. The minimum absolute atomic E-state index is 0.0655. The number of carbonyl (C=O) groups excluding carboxylic acids is 1. The minimum atomic E-state index is -1.02. The van der Waals surface area contributed by atoms with Crippen LogP contribution < -0.4 is 0 Å². The van der Waals surface area contributed by atoms with Crippen LogP contribution >= 0.6 is 11.3 Å². The van der Waals surface area contributed by atoms with E-state index in [9.17, 15) is 9.59 Å². The maximum atomic E-state index is 11.7. The van der Waals surface area contributed by atoms with Crippen molar-refractivity contribution in [2.24, 2.45) is 0 Å². The molecular formula is C12H16N2O4S. The molecule has 6 nitrogen and oxygen atoms in total. The zero-order valence-electron chi connectivity index (χ0n) is 11.0. The maximum absolute atomic E-state index is 11.7. The average molecular weight is 284 g/mol. The van der Waals surface area contributed by atoms with Crippen molar-refractivity contribution in [3.8, 4) is 0 Å². The summed E-state index contributed by atoms with van der Waals surface area (Å²) < 4.78 is 5.25. The Morgan fingerprint density at radius 1 is 1.47 bits per heavy atom. The summed E-state index contributed by atoms with van der Waals surface area (Å²) in [5.74, 6) is -0.906. The number of nitrogens with zero attached hydrogens (tertiary/aromatic N) is 2. The first-order valence-electron chi connectivity index (χ1n) is 5.93. The van der Waals surface area contributed by atoms with Crippen LogP contribution in [0.2, 0.25) is 0 Å². The SMILES string of the molecule is CC(C)(C)OC(=O)N1CC(c2nc(C(=O)O)cs2)C1. The lowest BCUT2D eigenvalue weighted by Gasteiger charge is -2.38. The molecule has 0 spiro atoms. The van der Waals surface area contributed by atoms with Gasteiger partial charge in [-0.2, -0.15) is 0 Å². The Balaban J connectivity index is 1.89. The Kier molecular flexibility index (Phi) is 3.49. The van der Waals surface area contributed by atoms with E-state index in [1.165, 1.54) is 16.7 Å². The fraction of sp³-hybridized carbons (Fsp3) is 0.583. The van der Waals surface area contributed by atoms with Gasteiger partial charge in [0.25, 0.3) is 0 Å². The van der Waals surface area contributed by atoms with Crippen molar-refractivity contribution in [1.29, 1.82) is 0 Å². The number of thiazole rings is 1. The molecule has 0 unspecified atom stereocenters. The van der Waals surface area contributed by atoms with E-state index in [0.717, 1.165) is 5.01 Å². The molecule has 1 amide bonds. The largest absolute Gasteiger partial charge is 0.476 e. The summed E-state index contributed by atoms with van der Waals surface area (Å²) in [6.07, 6.45) is -0.334. The molecule has 1 aromatic rings. The highest BCUT2D eigenvalue weighted by atomic mass is 32.1. The molecule has 1 aromatic heterocycles. The molecule has 1 N–H and O–H groups in total. The molecule has 1 aliphatic rings. The van der Waals surface area contributed by atoms with E-state index < -0.39 is 11.6 Å². The summed E-state index contributed by atoms with van der Waals surface area (Å²) in [4.78, 5) is 28.1. The van der Waals surface area contributed by atoms with Gasteiger partial charge in [0, 0.05) is 24.4 Å². The Labute approximate surface area is 115 Å². The predicted octanol–water partition coefficient (Wildman–Crippen LogP) is 2.18. The third-order valence-electron chi connectivity index (χ3n) is 2.62. The molecule has 0 radical (unpaired) electrons. The van der Waals surface area contributed by atoms with E-state index in [2.05, 4.69) is 4.98 Å². The number of ether oxygens (including phenoxy) is 1. The van der Waals surface area contributed by atoms with E-state index in [1.807, 2.05) is 20.8 Å². The number of hydrogen-bond acceptors (Lipinski definition) is 5. The fourth-order valence-electron chi connectivity index (χ4n) is 1.68. The number of hydrogen-bond donors (Lipinski definition) is 1. The molecule has 2 rings (SSSR count). The fourth-order valence-corrected chi connectivity index (χ4v) is 2.56. The Bertz CT molecular complexity index is 500. The van der Waals surface area contributed by atoms with Crippen LogP contribution in [0.15, 0.2) is 5.38 Å². The quantitative estimate of drug-likeness (QED) is 0.900. The van der Waals surface area contributed by atoms with Crippen molar-refractivity contribution in [1.82, 2.24) is 9.88 Å². The number of rotatable bonds is 2. The van der Waals surface area contributed by atoms with Gasteiger partial charge in [0.15, 0.2) is 5.69 Å². The number of carboxylic acid groups (broad SMARTS) is 1. The lowest BCUT2D eigenvalue weighted by molar-refractivity contribution is 0.00812. The highest BCUT2D eigenvalue weighted by Gasteiger charge is 2.36. The summed E-state index contributed by atoms with van der Waals surface area (Å²) in [5.41, 5.74) is -0.435. The molecule has 2 heterocycles. The van der Waals surface area contributed by atoms with Crippen LogP contribution in [0.25, 0.3) is 0 Å². The molecule has 1 saturated heterocycles. The van der Waals surface area contributed by atoms with Crippen molar-refractivity contribution in [3.05, 3.63) is 16.1 Å². The number of amides is 1. The van der Waals surface area contributed by atoms with Gasteiger partial charge in [-0.3, -0.25) is 0 Å². The highest BCUT2D eigenvalue weighted by molar-refractivity contribution is 7.09. The second-order valence-electron chi connectivity index (χ2n) is 5.46. The first kappa shape index (κ1) is 13.8. The smallest absolute Gasteiger partial charge is 0.410 e. The summed E-state index contributed by atoms with van der Waals surface area (Å²) in [7, 11) is 0. The van der Waals surface area contributed by atoms with Gasteiger partial charge in [-0.05, 0) is 20.8 Å². The van der Waals surface area contributed by atoms with Crippen molar-refractivity contribution in [2.45, 2.75) is 32.3 Å². The summed E-state index contributed by atoms with van der Waals surface area (Å²) in [6.45, 7) is 6.52. The van der Waals surface area contributed by atoms with Crippen LogP contribution in [0.4, 0.5) is 4.79 Å². The van der Waals surface area contributed by atoms with Gasteiger partial charge in [-0.15, -0.1) is 11.3 Å². The lowest BCUT2D eigenvalue weighted by Crippen LogP contribution is -2.50. The number of aromatic nitrogens is 1. The molecule has 0 atom stereocenters. The lowest BCUT2D eigenvalue weighted by atomic mass is 10.0. The van der Waals surface area contributed by atoms with Crippen molar-refractivity contribution in [3.63, 3.8) is 0 Å². The number of aromatic carboxylic acids is 1. The van der Waals surface area contributed by atoms with Gasteiger partial charge >= 0.3 is 12.1 Å². The average Bonchev–Trinajstić information content (AvgIpc) is 2.61. The van der Waals surface area contributed by atoms with E-state index >= 15 is 0 Å². The predicted molar refractivity (Wildman–Crippen MR) is 69.6 cm³/mol. The number of carboxylic acids is 1. The van der Waals surface area contributed by atoms with E-state index in [-0.39, 0.29) is 17.7 Å². The highest BCUT2D eigenvalue weighted by Crippen LogP contribution is 2.30. The molecule has 104 valence electrons. The third-order valence-corrected chi connectivity index (χ3v) is 3.63. The molecule has 7 heteroatoms. The van der Waals surface area contributed by atoms with E-state index in [1.54, 1.807) is 4.90 Å². The second kappa shape index (κ2) is 4.80. The maximum Gasteiger partial charge on any atom is 0.410 e. The summed E-state index contributed by atoms with van der Waals surface area (Å²) in [5, 5.41) is 11.1. The van der Waals surface area contributed by atoms with Crippen LogP contribution in [-0.4, -0.2) is 45.7 Å².